The Labute approximate surface area is 75.9 Å². The number of carbonyl (C=O) groups is 2. The molecule has 2 fully saturated rings. The van der Waals surface area contributed by atoms with E-state index in [9.17, 15) is 9.59 Å². The van der Waals surface area contributed by atoms with Crippen LogP contribution in [0.15, 0.2) is 0 Å². The van der Waals surface area contributed by atoms with E-state index in [1.165, 1.54) is 25.7 Å². The van der Waals surface area contributed by atoms with Crippen molar-refractivity contribution in [3.05, 3.63) is 0 Å². The van der Waals surface area contributed by atoms with E-state index in [1.54, 1.807) is 0 Å². The largest absolute Gasteiger partial charge is 0.296 e. The van der Waals surface area contributed by atoms with E-state index in [2.05, 4.69) is 5.32 Å². The fraction of sp³-hybridized carbons (Fsp3) is 0.750. The van der Waals surface area contributed by atoms with Gasteiger partial charge in [0.15, 0.2) is 0 Å². The number of hydrogen-bond donors (Lipinski definition) is 1. The van der Waals surface area contributed by atoms with E-state index in [4.69, 9.17) is 0 Å². The molecule has 0 bridgehead atoms. The van der Waals surface area contributed by atoms with Gasteiger partial charge in [-0.25, -0.2) is 0 Å². The lowest BCUT2D eigenvalue weighted by molar-refractivity contribution is -0.124. The first kappa shape index (κ1) is 11.6. The van der Waals surface area contributed by atoms with E-state index in [1.807, 2.05) is 0 Å². The van der Waals surface area contributed by atoms with Gasteiger partial charge in [-0.05, 0) is 0 Å². The van der Waals surface area contributed by atoms with Crippen LogP contribution in [0.25, 0.3) is 0 Å². The van der Waals surface area contributed by atoms with Crippen molar-refractivity contribution < 1.29 is 9.59 Å². The van der Waals surface area contributed by atoms with Gasteiger partial charge in [0, 0.05) is 12.8 Å². The van der Waals surface area contributed by atoms with Gasteiger partial charge in [-0.15, -0.1) is 0 Å². The molecule has 1 aliphatic heterocycles. The lowest BCUT2D eigenvalue weighted by Gasteiger charge is -2.05. The lowest BCUT2D eigenvalue weighted by atomic mass is 10.0. The van der Waals surface area contributed by atoms with E-state index in [0.717, 1.165) is 0 Å². The highest BCUT2D eigenvalue weighted by molar-refractivity contribution is 6.92. The molecule has 0 spiro atoms. The van der Waals surface area contributed by atoms with Gasteiger partial charge in [0.25, 0.3) is 0 Å². The molecule has 0 aromatic heterocycles. The molecule has 1 saturated carbocycles. The SMILES string of the molecule is C1CCC1.O=C1CCC(=O)N1.P. The van der Waals surface area contributed by atoms with Gasteiger partial charge in [0.1, 0.15) is 0 Å². The van der Waals surface area contributed by atoms with Crippen LogP contribution in [0.4, 0.5) is 0 Å². The highest BCUT2D eigenvalue weighted by atomic mass is 31.0. The zero-order valence-corrected chi connectivity index (χ0v) is 8.68. The molecule has 70 valence electrons. The van der Waals surface area contributed by atoms with E-state index in [0.29, 0.717) is 12.8 Å². The Bertz CT molecular complexity index is 148. The molecule has 1 atom stereocenters. The molecular formula is C8H16NO2P. The summed E-state index contributed by atoms with van der Waals surface area (Å²) < 4.78 is 0. The summed E-state index contributed by atoms with van der Waals surface area (Å²) in [7, 11) is 0. The van der Waals surface area contributed by atoms with Crippen LogP contribution >= 0.6 is 9.90 Å². The molecule has 2 amide bonds. The topological polar surface area (TPSA) is 46.2 Å². The minimum atomic E-state index is -0.148. The standard InChI is InChI=1S/C4H5NO2.C4H8.H3P/c6-3-1-2-4(7)5-3;1-2-4-3-1;/h1-2H2,(H,5,6,7);1-4H2;1H3. The number of hydrogen-bond acceptors (Lipinski definition) is 2. The Hall–Kier alpha value is -0.430. The summed E-state index contributed by atoms with van der Waals surface area (Å²) in [4.78, 5) is 20.2. The fourth-order valence-corrected chi connectivity index (χ4v) is 0.758. The molecule has 1 heterocycles. The first-order chi connectivity index (χ1) is 5.29. The van der Waals surface area contributed by atoms with Crippen molar-refractivity contribution in [2.75, 3.05) is 0 Å². The molecule has 1 aliphatic carbocycles. The Morgan fingerprint density at radius 3 is 1.25 bits per heavy atom. The number of amides is 2. The zero-order valence-electron chi connectivity index (χ0n) is 7.27. The second-order valence-electron chi connectivity index (χ2n) is 2.89. The summed E-state index contributed by atoms with van der Waals surface area (Å²) in [6.07, 6.45) is 6.75. The van der Waals surface area contributed by atoms with Gasteiger partial charge in [-0.1, -0.05) is 25.7 Å². The number of nitrogens with one attached hydrogen (secondary N) is 1. The summed E-state index contributed by atoms with van der Waals surface area (Å²) in [6, 6.07) is 0. The van der Waals surface area contributed by atoms with Crippen LogP contribution < -0.4 is 5.32 Å². The Kier molecular flexibility index (Phi) is 5.91. The summed E-state index contributed by atoms with van der Waals surface area (Å²) >= 11 is 0. The van der Waals surface area contributed by atoms with Crippen LogP contribution in [-0.2, 0) is 9.59 Å². The van der Waals surface area contributed by atoms with Crippen LogP contribution in [-0.4, -0.2) is 11.8 Å². The third-order valence-electron chi connectivity index (χ3n) is 1.86. The van der Waals surface area contributed by atoms with E-state index >= 15 is 0 Å². The maximum absolute atomic E-state index is 10.1. The summed E-state index contributed by atoms with van der Waals surface area (Å²) in [6.45, 7) is 0. The number of rotatable bonds is 0. The Morgan fingerprint density at radius 2 is 1.17 bits per heavy atom. The number of carbonyl (C=O) groups excluding carboxylic acids is 2. The van der Waals surface area contributed by atoms with Crippen molar-refractivity contribution in [1.82, 2.24) is 5.32 Å². The third-order valence-corrected chi connectivity index (χ3v) is 1.86. The molecule has 2 aliphatic rings. The smallest absolute Gasteiger partial charge is 0.227 e. The fourth-order valence-electron chi connectivity index (χ4n) is 0.758. The minimum Gasteiger partial charge on any atom is -0.296 e. The van der Waals surface area contributed by atoms with Crippen molar-refractivity contribution >= 4 is 21.7 Å². The molecule has 1 N–H and O–H groups in total. The minimum absolute atomic E-state index is 0. The highest BCUT2D eigenvalue weighted by Crippen LogP contribution is 2.15. The molecule has 3 nitrogen and oxygen atoms in total. The van der Waals surface area contributed by atoms with Crippen molar-refractivity contribution in [2.45, 2.75) is 38.5 Å². The average molecular weight is 189 g/mol. The molecule has 0 aromatic rings. The normalized spacial score (nSPS) is 19.7. The van der Waals surface area contributed by atoms with Crippen LogP contribution in [0.1, 0.15) is 38.5 Å². The maximum atomic E-state index is 10.1. The lowest BCUT2D eigenvalue weighted by Crippen LogP contribution is -2.18. The molecular weight excluding hydrogens is 173 g/mol. The number of imide groups is 1. The second kappa shape index (κ2) is 6.13. The van der Waals surface area contributed by atoms with E-state index in [-0.39, 0.29) is 21.7 Å². The van der Waals surface area contributed by atoms with E-state index < -0.39 is 0 Å². The first-order valence-corrected chi connectivity index (χ1v) is 4.12. The van der Waals surface area contributed by atoms with Gasteiger partial charge in [-0.2, -0.15) is 9.90 Å². The Morgan fingerprint density at radius 1 is 0.833 bits per heavy atom. The molecule has 2 rings (SSSR count). The van der Waals surface area contributed by atoms with Crippen molar-refractivity contribution in [3.8, 4) is 0 Å². The van der Waals surface area contributed by atoms with Crippen LogP contribution in [0.2, 0.25) is 0 Å². The molecule has 12 heavy (non-hydrogen) atoms. The van der Waals surface area contributed by atoms with Crippen LogP contribution in [0.3, 0.4) is 0 Å². The van der Waals surface area contributed by atoms with Crippen molar-refractivity contribution in [1.29, 1.82) is 0 Å². The monoisotopic (exact) mass is 189 g/mol. The predicted molar refractivity (Wildman–Crippen MR) is 52.0 cm³/mol. The van der Waals surface area contributed by atoms with Gasteiger partial charge < -0.3 is 0 Å². The zero-order chi connectivity index (χ0) is 8.10. The van der Waals surface area contributed by atoms with Crippen LogP contribution in [0.5, 0.6) is 0 Å². The van der Waals surface area contributed by atoms with Gasteiger partial charge in [0.05, 0.1) is 0 Å². The summed E-state index contributed by atoms with van der Waals surface area (Å²) in [5.74, 6) is -0.296. The predicted octanol–water partition coefficient (Wildman–Crippen LogP) is 1.04. The summed E-state index contributed by atoms with van der Waals surface area (Å²) in [5.41, 5.74) is 0. The molecule has 0 radical (unpaired) electrons. The van der Waals surface area contributed by atoms with Crippen molar-refractivity contribution in [3.63, 3.8) is 0 Å². The molecule has 0 aromatic carbocycles. The van der Waals surface area contributed by atoms with Crippen molar-refractivity contribution in [2.24, 2.45) is 0 Å². The van der Waals surface area contributed by atoms with Gasteiger partial charge in [-0.3, -0.25) is 14.9 Å². The molecule has 4 heteroatoms. The average Bonchev–Trinajstić information content (AvgIpc) is 2.09. The molecule has 1 unspecified atom stereocenters. The highest BCUT2D eigenvalue weighted by Gasteiger charge is 2.15. The quantitative estimate of drug-likeness (QED) is 0.457. The third kappa shape index (κ3) is 4.45. The maximum Gasteiger partial charge on any atom is 0.227 e. The molecule has 1 saturated heterocycles. The second-order valence-corrected chi connectivity index (χ2v) is 2.89. The van der Waals surface area contributed by atoms with Crippen LogP contribution in [0, 0.1) is 0 Å². The van der Waals surface area contributed by atoms with Gasteiger partial charge in [0.2, 0.25) is 11.8 Å². The Balaban J connectivity index is 0.000000209. The summed E-state index contributed by atoms with van der Waals surface area (Å²) in [5, 5.41) is 2.14. The first-order valence-electron chi connectivity index (χ1n) is 4.12. The van der Waals surface area contributed by atoms with Gasteiger partial charge >= 0.3 is 0 Å².